The lowest BCUT2D eigenvalue weighted by Gasteiger charge is -2.06. The van der Waals surface area contributed by atoms with Gasteiger partial charge in [0.2, 0.25) is 5.95 Å². The summed E-state index contributed by atoms with van der Waals surface area (Å²) in [6.45, 7) is 2.64. The first-order chi connectivity index (χ1) is 8.20. The van der Waals surface area contributed by atoms with Gasteiger partial charge in [-0.3, -0.25) is 0 Å². The summed E-state index contributed by atoms with van der Waals surface area (Å²) < 4.78 is 15.4. The van der Waals surface area contributed by atoms with Crippen molar-refractivity contribution in [3.8, 4) is 0 Å². The molecule has 0 radical (unpaired) electrons. The number of imidazole rings is 1. The lowest BCUT2D eigenvalue weighted by Crippen LogP contribution is -2.08. The third-order valence-corrected chi connectivity index (χ3v) is 2.40. The molecule has 2 rings (SSSR count). The fraction of sp³-hybridized carbons (Fsp3) is 0.364. The van der Waals surface area contributed by atoms with Crippen LogP contribution in [0.5, 0.6) is 0 Å². The van der Waals surface area contributed by atoms with Crippen LogP contribution in [0, 0.1) is 5.82 Å². The van der Waals surface area contributed by atoms with E-state index in [1.165, 1.54) is 6.20 Å². The van der Waals surface area contributed by atoms with Gasteiger partial charge in [-0.15, -0.1) is 0 Å². The SMILES string of the molecule is CCNc1ncc(F)c(Cc2nccn2C)n1. The lowest BCUT2D eigenvalue weighted by molar-refractivity contribution is 0.592. The molecular weight excluding hydrogens is 221 g/mol. The van der Waals surface area contributed by atoms with Crippen LogP contribution in [-0.4, -0.2) is 26.1 Å². The standard InChI is InChI=1S/C11H14FN5/c1-3-13-11-15-7-8(12)9(16-11)6-10-14-4-5-17(10)2/h4-5,7H,3,6H2,1-2H3,(H,13,15,16). The summed E-state index contributed by atoms with van der Waals surface area (Å²) in [5.74, 6) is 0.804. The Morgan fingerprint density at radius 2 is 2.24 bits per heavy atom. The van der Waals surface area contributed by atoms with Gasteiger partial charge in [0.25, 0.3) is 0 Å². The van der Waals surface area contributed by atoms with E-state index >= 15 is 0 Å². The van der Waals surface area contributed by atoms with Gasteiger partial charge in [0.1, 0.15) is 5.82 Å². The van der Waals surface area contributed by atoms with Crippen LogP contribution in [0.3, 0.4) is 0 Å². The average molecular weight is 235 g/mol. The Hall–Kier alpha value is -1.98. The Labute approximate surface area is 98.7 Å². The molecule has 2 aromatic rings. The monoisotopic (exact) mass is 235 g/mol. The summed E-state index contributed by atoms with van der Waals surface area (Å²) in [6, 6.07) is 0. The number of aryl methyl sites for hydroxylation is 1. The highest BCUT2D eigenvalue weighted by Crippen LogP contribution is 2.10. The minimum Gasteiger partial charge on any atom is -0.354 e. The topological polar surface area (TPSA) is 55.6 Å². The summed E-state index contributed by atoms with van der Waals surface area (Å²) in [7, 11) is 1.87. The predicted molar refractivity (Wildman–Crippen MR) is 62.2 cm³/mol. The van der Waals surface area contributed by atoms with Gasteiger partial charge < -0.3 is 9.88 Å². The van der Waals surface area contributed by atoms with Crippen LogP contribution in [0.25, 0.3) is 0 Å². The Balaban J connectivity index is 2.25. The van der Waals surface area contributed by atoms with Gasteiger partial charge in [-0.25, -0.2) is 19.3 Å². The molecule has 0 saturated heterocycles. The number of anilines is 1. The van der Waals surface area contributed by atoms with Crippen molar-refractivity contribution in [2.24, 2.45) is 7.05 Å². The van der Waals surface area contributed by atoms with Gasteiger partial charge in [-0.05, 0) is 6.92 Å². The van der Waals surface area contributed by atoms with Gasteiger partial charge in [0, 0.05) is 26.0 Å². The first-order valence-electron chi connectivity index (χ1n) is 5.42. The van der Waals surface area contributed by atoms with Crippen molar-refractivity contribution in [2.45, 2.75) is 13.3 Å². The van der Waals surface area contributed by atoms with Crippen LogP contribution in [0.15, 0.2) is 18.6 Å². The molecule has 0 amide bonds. The zero-order chi connectivity index (χ0) is 12.3. The zero-order valence-electron chi connectivity index (χ0n) is 9.81. The second-order valence-corrected chi connectivity index (χ2v) is 3.65. The van der Waals surface area contributed by atoms with Crippen molar-refractivity contribution in [3.63, 3.8) is 0 Å². The number of halogens is 1. The van der Waals surface area contributed by atoms with E-state index in [-0.39, 0.29) is 0 Å². The van der Waals surface area contributed by atoms with Crippen LogP contribution in [0.4, 0.5) is 10.3 Å². The molecule has 0 unspecified atom stereocenters. The summed E-state index contributed by atoms with van der Waals surface area (Å²) in [6.07, 6.45) is 5.04. The number of nitrogens with one attached hydrogen (secondary N) is 1. The number of hydrogen-bond donors (Lipinski definition) is 1. The van der Waals surface area contributed by atoms with E-state index in [1.54, 1.807) is 6.20 Å². The van der Waals surface area contributed by atoms with Crippen LogP contribution in [0.1, 0.15) is 18.4 Å². The number of rotatable bonds is 4. The third kappa shape index (κ3) is 2.58. The molecule has 2 aromatic heterocycles. The van der Waals surface area contributed by atoms with Gasteiger partial charge in [-0.2, -0.15) is 0 Å². The molecule has 0 spiro atoms. The van der Waals surface area contributed by atoms with Gasteiger partial charge >= 0.3 is 0 Å². The van der Waals surface area contributed by atoms with Crippen LogP contribution >= 0.6 is 0 Å². The highest BCUT2D eigenvalue weighted by atomic mass is 19.1. The van der Waals surface area contributed by atoms with Crippen molar-refractivity contribution in [1.29, 1.82) is 0 Å². The minimum atomic E-state index is -0.408. The highest BCUT2D eigenvalue weighted by molar-refractivity contribution is 5.26. The Morgan fingerprint density at radius 1 is 1.41 bits per heavy atom. The van der Waals surface area contributed by atoms with Crippen molar-refractivity contribution in [3.05, 3.63) is 35.9 Å². The summed E-state index contributed by atoms with van der Waals surface area (Å²) in [5.41, 5.74) is 0.352. The summed E-state index contributed by atoms with van der Waals surface area (Å²) >= 11 is 0. The van der Waals surface area contributed by atoms with E-state index in [0.29, 0.717) is 24.6 Å². The molecule has 17 heavy (non-hydrogen) atoms. The summed E-state index contributed by atoms with van der Waals surface area (Å²) in [4.78, 5) is 12.1. The molecule has 90 valence electrons. The number of aromatic nitrogens is 4. The van der Waals surface area contributed by atoms with Gasteiger partial charge in [0.15, 0.2) is 5.82 Å². The number of nitrogens with zero attached hydrogens (tertiary/aromatic N) is 4. The van der Waals surface area contributed by atoms with Crippen LogP contribution < -0.4 is 5.32 Å². The average Bonchev–Trinajstić information content (AvgIpc) is 2.70. The van der Waals surface area contributed by atoms with Crippen LogP contribution in [-0.2, 0) is 13.5 Å². The normalized spacial score (nSPS) is 10.5. The second kappa shape index (κ2) is 4.90. The lowest BCUT2D eigenvalue weighted by atomic mass is 10.3. The largest absolute Gasteiger partial charge is 0.354 e. The van der Waals surface area contributed by atoms with Crippen molar-refractivity contribution >= 4 is 5.95 Å². The second-order valence-electron chi connectivity index (χ2n) is 3.65. The maximum absolute atomic E-state index is 13.5. The molecule has 6 heteroatoms. The third-order valence-electron chi connectivity index (χ3n) is 2.40. The maximum Gasteiger partial charge on any atom is 0.223 e. The first kappa shape index (κ1) is 11.5. The van der Waals surface area contributed by atoms with E-state index in [0.717, 1.165) is 5.82 Å². The molecule has 0 aromatic carbocycles. The Morgan fingerprint density at radius 3 is 2.88 bits per heavy atom. The molecule has 0 fully saturated rings. The molecule has 0 aliphatic heterocycles. The molecule has 1 N–H and O–H groups in total. The van der Waals surface area contributed by atoms with E-state index in [1.807, 2.05) is 24.7 Å². The van der Waals surface area contributed by atoms with E-state index in [2.05, 4.69) is 20.3 Å². The smallest absolute Gasteiger partial charge is 0.223 e. The maximum atomic E-state index is 13.5. The predicted octanol–water partition coefficient (Wildman–Crippen LogP) is 1.37. The molecule has 2 heterocycles. The molecular formula is C11H14FN5. The molecule has 0 atom stereocenters. The molecule has 0 saturated carbocycles. The number of hydrogen-bond acceptors (Lipinski definition) is 4. The van der Waals surface area contributed by atoms with Crippen molar-refractivity contribution < 1.29 is 4.39 Å². The fourth-order valence-corrected chi connectivity index (χ4v) is 1.49. The molecule has 0 bridgehead atoms. The van der Waals surface area contributed by atoms with Crippen molar-refractivity contribution in [2.75, 3.05) is 11.9 Å². The van der Waals surface area contributed by atoms with E-state index < -0.39 is 5.82 Å². The molecule has 5 nitrogen and oxygen atoms in total. The summed E-state index contributed by atoms with van der Waals surface area (Å²) in [5, 5.41) is 2.95. The Kier molecular flexibility index (Phi) is 3.32. The van der Waals surface area contributed by atoms with E-state index in [9.17, 15) is 4.39 Å². The zero-order valence-corrected chi connectivity index (χ0v) is 9.81. The minimum absolute atomic E-state index is 0.352. The van der Waals surface area contributed by atoms with Crippen LogP contribution in [0.2, 0.25) is 0 Å². The van der Waals surface area contributed by atoms with E-state index in [4.69, 9.17) is 0 Å². The fourth-order valence-electron chi connectivity index (χ4n) is 1.49. The van der Waals surface area contributed by atoms with Gasteiger partial charge in [-0.1, -0.05) is 0 Å². The first-order valence-corrected chi connectivity index (χ1v) is 5.42. The quantitative estimate of drug-likeness (QED) is 0.869. The molecule has 0 aliphatic rings. The van der Waals surface area contributed by atoms with Crippen molar-refractivity contribution in [1.82, 2.24) is 19.5 Å². The molecule has 0 aliphatic carbocycles. The van der Waals surface area contributed by atoms with Gasteiger partial charge in [0.05, 0.1) is 18.3 Å². The highest BCUT2D eigenvalue weighted by Gasteiger charge is 2.10. The Bertz CT molecular complexity index is 508.